The molecule has 0 bridgehead atoms. The maximum Gasteiger partial charge on any atom is 0.274 e. The fourth-order valence-corrected chi connectivity index (χ4v) is 3.33. The molecule has 2 aromatic heterocycles. The summed E-state index contributed by atoms with van der Waals surface area (Å²) in [5, 5.41) is 8.36. The fraction of sp³-hybridized carbons (Fsp3) is 0.500. The second kappa shape index (κ2) is 6.65. The van der Waals surface area contributed by atoms with Gasteiger partial charge in [0.05, 0.1) is 6.10 Å². The van der Waals surface area contributed by atoms with E-state index in [0.29, 0.717) is 29.8 Å². The van der Waals surface area contributed by atoms with Crippen LogP contribution in [0.1, 0.15) is 41.6 Å². The number of nitrogens with zero attached hydrogens (tertiary/aromatic N) is 4. The first kappa shape index (κ1) is 16.5. The summed E-state index contributed by atoms with van der Waals surface area (Å²) in [5.41, 5.74) is 0.266. The number of aromatic nitrogens is 3. The topological polar surface area (TPSA) is 110 Å². The third-order valence-corrected chi connectivity index (χ3v) is 4.45. The summed E-state index contributed by atoms with van der Waals surface area (Å²) < 4.78 is 10.6. The van der Waals surface area contributed by atoms with Crippen molar-refractivity contribution < 1.29 is 18.8 Å². The minimum absolute atomic E-state index is 0.111. The minimum Gasteiger partial charge on any atom is -0.380 e. The van der Waals surface area contributed by atoms with Crippen molar-refractivity contribution in [2.45, 2.75) is 32.4 Å². The largest absolute Gasteiger partial charge is 0.380 e. The Kier molecular flexibility index (Phi) is 4.58. The van der Waals surface area contributed by atoms with Crippen LogP contribution >= 0.6 is 11.3 Å². The van der Waals surface area contributed by atoms with E-state index in [-0.39, 0.29) is 29.7 Å². The number of hydrogen-bond donors (Lipinski definition) is 1. The van der Waals surface area contributed by atoms with Gasteiger partial charge >= 0.3 is 0 Å². The molecule has 0 unspecified atom stereocenters. The van der Waals surface area contributed by atoms with Gasteiger partial charge in [-0.15, -0.1) is 11.3 Å². The number of hydrogen-bond acceptors (Lipinski definition) is 8. The monoisotopic (exact) mass is 351 g/mol. The summed E-state index contributed by atoms with van der Waals surface area (Å²) in [5.74, 6) is 0.406. The van der Waals surface area contributed by atoms with Crippen LogP contribution in [-0.2, 0) is 9.53 Å². The van der Waals surface area contributed by atoms with Gasteiger partial charge in [0.2, 0.25) is 11.8 Å². The van der Waals surface area contributed by atoms with Gasteiger partial charge in [-0.3, -0.25) is 9.59 Å². The molecule has 1 N–H and O–H groups in total. The Balaban J connectivity index is 1.83. The second-order valence-corrected chi connectivity index (χ2v) is 6.32. The highest BCUT2D eigenvalue weighted by molar-refractivity contribution is 7.14. The number of aryl methyl sites for hydroxylation is 1. The van der Waals surface area contributed by atoms with Gasteiger partial charge in [-0.25, -0.2) is 4.98 Å². The zero-order chi connectivity index (χ0) is 17.3. The Bertz CT molecular complexity index is 758. The summed E-state index contributed by atoms with van der Waals surface area (Å²) in [6.45, 7) is 3.52. The van der Waals surface area contributed by atoms with E-state index in [4.69, 9.17) is 9.26 Å². The van der Waals surface area contributed by atoms with E-state index < -0.39 is 0 Å². The molecule has 3 heterocycles. The zero-order valence-corrected chi connectivity index (χ0v) is 14.3. The van der Waals surface area contributed by atoms with Gasteiger partial charge in [0.15, 0.2) is 11.0 Å². The van der Waals surface area contributed by atoms with Gasteiger partial charge in [0, 0.05) is 32.4 Å². The molecule has 9 nitrogen and oxygen atoms in total. The van der Waals surface area contributed by atoms with Crippen LogP contribution < -0.4 is 5.32 Å². The van der Waals surface area contributed by atoms with Crippen molar-refractivity contribution in [1.82, 2.24) is 20.0 Å². The molecule has 128 valence electrons. The molecule has 0 spiro atoms. The number of methoxy groups -OCH3 is 1. The number of amides is 2. The van der Waals surface area contributed by atoms with Crippen LogP contribution in [0.5, 0.6) is 0 Å². The molecule has 1 fully saturated rings. The van der Waals surface area contributed by atoms with Crippen LogP contribution in [0.2, 0.25) is 0 Å². The highest BCUT2D eigenvalue weighted by atomic mass is 32.1. The van der Waals surface area contributed by atoms with Crippen LogP contribution in [-0.4, -0.2) is 51.6 Å². The van der Waals surface area contributed by atoms with Crippen LogP contribution in [0, 0.1) is 6.92 Å². The summed E-state index contributed by atoms with van der Waals surface area (Å²) >= 11 is 1.20. The number of thiazole rings is 1. The molecule has 2 atom stereocenters. The van der Waals surface area contributed by atoms with E-state index >= 15 is 0 Å². The smallest absolute Gasteiger partial charge is 0.274 e. The lowest BCUT2D eigenvalue weighted by molar-refractivity contribution is -0.114. The average Bonchev–Trinajstić information content (AvgIpc) is 3.24. The molecule has 24 heavy (non-hydrogen) atoms. The van der Waals surface area contributed by atoms with E-state index in [0.717, 1.165) is 0 Å². The van der Waals surface area contributed by atoms with Gasteiger partial charge in [0.25, 0.3) is 5.91 Å². The molecule has 0 radical (unpaired) electrons. The molecule has 2 aromatic rings. The number of nitrogens with one attached hydrogen (secondary N) is 1. The Hall–Kier alpha value is -2.33. The Morgan fingerprint density at radius 3 is 2.88 bits per heavy atom. The predicted octanol–water partition coefficient (Wildman–Crippen LogP) is 1.40. The average molecular weight is 351 g/mol. The molecule has 1 aliphatic rings. The number of carbonyl (C=O) groups is 2. The molecule has 1 saturated heterocycles. The van der Waals surface area contributed by atoms with Gasteiger partial charge in [-0.1, -0.05) is 5.16 Å². The van der Waals surface area contributed by atoms with Crippen LogP contribution in [0.4, 0.5) is 5.13 Å². The number of likely N-dealkylation sites (tertiary alicyclic amines) is 1. The van der Waals surface area contributed by atoms with Crippen molar-refractivity contribution in [3.8, 4) is 0 Å². The van der Waals surface area contributed by atoms with Crippen molar-refractivity contribution >= 4 is 28.3 Å². The molecular weight excluding hydrogens is 334 g/mol. The van der Waals surface area contributed by atoms with Gasteiger partial charge in [-0.2, -0.15) is 4.98 Å². The van der Waals surface area contributed by atoms with Crippen molar-refractivity contribution in [2.24, 2.45) is 0 Å². The number of carbonyl (C=O) groups excluding carboxylic acids is 2. The SMILES string of the molecule is CO[C@H]1C[C@H](c2nc(C)no2)N(C(=O)c2csc(NC(C)=O)n2)C1. The normalized spacial score (nSPS) is 20.4. The molecule has 10 heteroatoms. The maximum absolute atomic E-state index is 12.8. The van der Waals surface area contributed by atoms with Crippen LogP contribution in [0.3, 0.4) is 0 Å². The summed E-state index contributed by atoms with van der Waals surface area (Å²) in [6, 6.07) is -0.352. The van der Waals surface area contributed by atoms with Crippen LogP contribution in [0.25, 0.3) is 0 Å². The lowest BCUT2D eigenvalue weighted by Crippen LogP contribution is -2.32. The van der Waals surface area contributed by atoms with E-state index in [2.05, 4.69) is 20.4 Å². The summed E-state index contributed by atoms with van der Waals surface area (Å²) in [6.07, 6.45) is 0.464. The van der Waals surface area contributed by atoms with E-state index in [1.54, 1.807) is 24.3 Å². The van der Waals surface area contributed by atoms with E-state index in [1.807, 2.05) is 0 Å². The molecule has 3 rings (SSSR count). The Morgan fingerprint density at radius 1 is 1.46 bits per heavy atom. The van der Waals surface area contributed by atoms with Gasteiger partial charge in [-0.05, 0) is 6.92 Å². The minimum atomic E-state index is -0.352. The third-order valence-electron chi connectivity index (χ3n) is 3.69. The lowest BCUT2D eigenvalue weighted by atomic mass is 10.2. The number of anilines is 1. The Labute approximate surface area is 142 Å². The first-order valence-electron chi connectivity index (χ1n) is 7.35. The summed E-state index contributed by atoms with van der Waals surface area (Å²) in [7, 11) is 1.60. The zero-order valence-electron chi connectivity index (χ0n) is 13.5. The predicted molar refractivity (Wildman–Crippen MR) is 84.6 cm³/mol. The molecule has 0 saturated carbocycles. The first-order chi connectivity index (χ1) is 11.5. The van der Waals surface area contributed by atoms with Crippen LogP contribution in [0.15, 0.2) is 9.90 Å². The second-order valence-electron chi connectivity index (χ2n) is 5.47. The molecule has 1 aliphatic heterocycles. The number of ether oxygens (including phenoxy) is 1. The standard InChI is InChI=1S/C14H17N5O4S/c1-7-15-12(23-18-7)11-4-9(22-3)5-19(11)13(21)10-6-24-14(17-10)16-8(2)20/h6,9,11H,4-5H2,1-3H3,(H,16,17,20)/t9-,11+/m0/s1. The van der Waals surface area contributed by atoms with E-state index in [1.165, 1.54) is 18.3 Å². The molecule has 0 aromatic carbocycles. The van der Waals surface area contributed by atoms with Gasteiger partial charge < -0.3 is 19.5 Å². The lowest BCUT2D eigenvalue weighted by Gasteiger charge is -2.20. The summed E-state index contributed by atoms with van der Waals surface area (Å²) in [4.78, 5) is 33.9. The highest BCUT2D eigenvalue weighted by Crippen LogP contribution is 2.34. The molecular formula is C14H17N5O4S. The molecule has 0 aliphatic carbocycles. The number of rotatable bonds is 4. The first-order valence-corrected chi connectivity index (χ1v) is 8.23. The third kappa shape index (κ3) is 3.29. The Morgan fingerprint density at radius 2 is 2.25 bits per heavy atom. The van der Waals surface area contributed by atoms with Crippen molar-refractivity contribution in [3.05, 3.63) is 22.8 Å². The van der Waals surface area contributed by atoms with Crippen molar-refractivity contribution in [3.63, 3.8) is 0 Å². The highest BCUT2D eigenvalue weighted by Gasteiger charge is 2.40. The fourth-order valence-electron chi connectivity index (χ4n) is 2.60. The van der Waals surface area contributed by atoms with Crippen molar-refractivity contribution in [2.75, 3.05) is 19.0 Å². The maximum atomic E-state index is 12.8. The van der Waals surface area contributed by atoms with E-state index in [9.17, 15) is 9.59 Å². The van der Waals surface area contributed by atoms with Crippen molar-refractivity contribution in [1.29, 1.82) is 0 Å². The molecule has 2 amide bonds. The quantitative estimate of drug-likeness (QED) is 0.886. The van der Waals surface area contributed by atoms with Gasteiger partial charge in [0.1, 0.15) is 11.7 Å².